The summed E-state index contributed by atoms with van der Waals surface area (Å²) in [5.74, 6) is -0.367. The second kappa shape index (κ2) is 11.1. The summed E-state index contributed by atoms with van der Waals surface area (Å²) in [5, 5.41) is 8.10. The number of nitrogens with two attached hydrogens (primary N) is 1. The molecule has 9 heteroatoms. The first-order chi connectivity index (χ1) is 18.9. The highest BCUT2D eigenvalue weighted by molar-refractivity contribution is 6.05. The number of hydrogen-bond donors (Lipinski definition) is 2. The van der Waals surface area contributed by atoms with Crippen molar-refractivity contribution in [1.29, 1.82) is 0 Å². The number of nitrogens with one attached hydrogen (secondary N) is 1. The Bertz CT molecular complexity index is 1650. The number of carbonyl (C=O) groups excluding carboxylic acids is 1. The zero-order chi connectivity index (χ0) is 27.5. The van der Waals surface area contributed by atoms with Crippen molar-refractivity contribution in [2.75, 3.05) is 13.1 Å². The number of aliphatic imine (C=N–C) groups is 1. The van der Waals surface area contributed by atoms with Gasteiger partial charge in [-0.2, -0.15) is 5.10 Å². The predicted molar refractivity (Wildman–Crippen MR) is 152 cm³/mol. The van der Waals surface area contributed by atoms with Gasteiger partial charge in [0.15, 0.2) is 0 Å². The molecule has 200 valence electrons. The second-order valence-electron chi connectivity index (χ2n) is 9.77. The Hall–Kier alpha value is -4.53. The van der Waals surface area contributed by atoms with E-state index in [-0.39, 0.29) is 29.3 Å². The number of amides is 1. The molecule has 0 bridgehead atoms. The Morgan fingerprint density at radius 3 is 2.62 bits per heavy atom. The molecule has 0 atom stereocenters. The van der Waals surface area contributed by atoms with Crippen LogP contribution in [0.1, 0.15) is 44.4 Å². The topological polar surface area (TPSA) is 109 Å². The lowest BCUT2D eigenvalue weighted by atomic mass is 9.98. The summed E-state index contributed by atoms with van der Waals surface area (Å²) < 4.78 is 17.1. The molecule has 1 amide bonds. The van der Waals surface area contributed by atoms with E-state index in [0.717, 1.165) is 29.5 Å². The van der Waals surface area contributed by atoms with Gasteiger partial charge >= 0.3 is 0 Å². The number of fused-ring (bicyclic) bond motifs is 2. The van der Waals surface area contributed by atoms with Crippen molar-refractivity contribution in [2.24, 2.45) is 10.7 Å². The average molecular weight is 527 g/mol. The molecular weight excluding hydrogens is 495 g/mol. The minimum absolute atomic E-state index is 0.123. The van der Waals surface area contributed by atoms with E-state index in [4.69, 9.17) is 5.73 Å². The number of aromatic nitrogens is 3. The highest BCUT2D eigenvalue weighted by Crippen LogP contribution is 2.35. The van der Waals surface area contributed by atoms with Gasteiger partial charge in [-0.05, 0) is 71.8 Å². The number of nitrogens with zero attached hydrogens (tertiary/aromatic N) is 4. The highest BCUT2D eigenvalue weighted by Gasteiger charge is 2.23. The molecule has 0 saturated heterocycles. The quantitative estimate of drug-likeness (QED) is 0.337. The van der Waals surface area contributed by atoms with Gasteiger partial charge in [-0.1, -0.05) is 19.9 Å². The van der Waals surface area contributed by atoms with Crippen LogP contribution in [-0.4, -0.2) is 44.5 Å². The molecule has 3 N–H and O–H groups in total. The lowest BCUT2D eigenvalue weighted by Gasteiger charge is -2.22. The number of amidine groups is 1. The fourth-order valence-corrected chi connectivity index (χ4v) is 4.96. The van der Waals surface area contributed by atoms with Gasteiger partial charge in [0.05, 0.1) is 17.9 Å². The lowest BCUT2D eigenvalue weighted by Crippen LogP contribution is -2.34. The third-order valence-electron chi connectivity index (χ3n) is 6.82. The summed E-state index contributed by atoms with van der Waals surface area (Å²) in [6, 6.07) is 12.3. The fourth-order valence-electron chi connectivity index (χ4n) is 4.96. The summed E-state index contributed by atoms with van der Waals surface area (Å²) in [5.41, 5.74) is 9.29. The Kier molecular flexibility index (Phi) is 7.40. The average Bonchev–Trinajstić information content (AvgIpc) is 3.37. The first-order valence-corrected chi connectivity index (χ1v) is 13.2. The highest BCUT2D eigenvalue weighted by atomic mass is 19.1. The molecule has 0 aliphatic carbocycles. The van der Waals surface area contributed by atoms with Crippen molar-refractivity contribution < 1.29 is 9.18 Å². The predicted octanol–water partition coefficient (Wildman–Crippen LogP) is 5.00. The van der Waals surface area contributed by atoms with Crippen LogP contribution in [-0.2, 0) is 11.3 Å². The lowest BCUT2D eigenvalue weighted by molar-refractivity contribution is -0.127. The van der Waals surface area contributed by atoms with Gasteiger partial charge in [-0.25, -0.2) is 9.38 Å². The van der Waals surface area contributed by atoms with Gasteiger partial charge in [0.2, 0.25) is 5.91 Å². The fraction of sp³-hybridized carbons (Fsp3) is 0.267. The number of carbonyl (C=O) groups is 1. The molecule has 2 aromatic heterocycles. The molecule has 0 fully saturated rings. The number of hydrogen-bond acceptors (Lipinski definition) is 5. The number of aromatic amines is 1. The van der Waals surface area contributed by atoms with E-state index < -0.39 is 5.82 Å². The number of halogens is 1. The van der Waals surface area contributed by atoms with E-state index in [1.54, 1.807) is 46.1 Å². The van der Waals surface area contributed by atoms with Crippen LogP contribution in [0, 0.1) is 5.82 Å². The normalized spacial score (nSPS) is 13.0. The van der Waals surface area contributed by atoms with Crippen LogP contribution in [0.5, 0.6) is 0 Å². The summed E-state index contributed by atoms with van der Waals surface area (Å²) in [6.07, 6.45) is 6.80. The third-order valence-corrected chi connectivity index (χ3v) is 6.82. The molecule has 39 heavy (non-hydrogen) atoms. The summed E-state index contributed by atoms with van der Waals surface area (Å²) in [4.78, 5) is 32.5. The van der Waals surface area contributed by atoms with Gasteiger partial charge < -0.3 is 15.2 Å². The molecule has 0 unspecified atom stereocenters. The van der Waals surface area contributed by atoms with Crippen LogP contribution >= 0.6 is 0 Å². The molecule has 5 rings (SSSR count). The zero-order valence-electron chi connectivity index (χ0n) is 22.1. The smallest absolute Gasteiger partial charge is 0.258 e. The molecule has 0 radical (unpaired) electrons. The maximum absolute atomic E-state index is 15.5. The molecule has 0 spiro atoms. The van der Waals surface area contributed by atoms with Crippen LogP contribution in [0.25, 0.3) is 28.0 Å². The molecule has 2 aromatic carbocycles. The van der Waals surface area contributed by atoms with E-state index in [9.17, 15) is 9.59 Å². The van der Waals surface area contributed by atoms with Crippen molar-refractivity contribution in [3.8, 4) is 11.1 Å². The van der Waals surface area contributed by atoms with Crippen molar-refractivity contribution in [2.45, 2.75) is 39.7 Å². The first-order valence-electron chi connectivity index (χ1n) is 13.2. The zero-order valence-corrected chi connectivity index (χ0v) is 22.1. The number of benzene rings is 2. The first kappa shape index (κ1) is 26.1. The maximum atomic E-state index is 15.5. The van der Waals surface area contributed by atoms with Crippen LogP contribution in [0.2, 0.25) is 0 Å². The van der Waals surface area contributed by atoms with Crippen LogP contribution in [0.3, 0.4) is 0 Å². The monoisotopic (exact) mass is 526 g/mol. The van der Waals surface area contributed by atoms with Gasteiger partial charge in [-0.15, -0.1) is 0 Å². The Balaban J connectivity index is 1.50. The standard InChI is InChI=1S/C30H31FN6O2/c1-3-10-36(11-4-2)29(38)22-14-25-26(31)15-21(16-27(25)34-28(32)17-22)19-5-6-24-20(13-19)8-12-37(30(24)39)18-23-7-9-33-35-23/h5-9,12-16H,3-4,10-11,17-18H2,1-2H3,(H2,32,34)(H,33,35). The molecule has 0 saturated carbocycles. The Morgan fingerprint density at radius 1 is 1.10 bits per heavy atom. The SMILES string of the molecule is CCCN(CCC)C(=O)C1=Cc2c(F)cc(-c3ccc4c(=O)n(Cc5ccn[nH]5)ccc4c3)cc2N=C(N)C1. The molecule has 1 aliphatic rings. The Morgan fingerprint density at radius 2 is 1.90 bits per heavy atom. The maximum Gasteiger partial charge on any atom is 0.258 e. The van der Waals surface area contributed by atoms with Crippen LogP contribution in [0.15, 0.2) is 70.2 Å². The molecule has 1 aliphatic heterocycles. The van der Waals surface area contributed by atoms with Crippen molar-refractivity contribution >= 4 is 34.3 Å². The molecule has 4 aromatic rings. The van der Waals surface area contributed by atoms with Gasteiger partial charge in [0.1, 0.15) is 11.7 Å². The number of pyridine rings is 1. The molecular formula is C30H31FN6O2. The number of rotatable bonds is 8. The summed E-state index contributed by atoms with van der Waals surface area (Å²) in [6.45, 7) is 5.69. The second-order valence-corrected chi connectivity index (χ2v) is 9.77. The minimum atomic E-state index is -0.487. The van der Waals surface area contributed by atoms with Crippen molar-refractivity contribution in [1.82, 2.24) is 19.7 Å². The van der Waals surface area contributed by atoms with E-state index in [2.05, 4.69) is 15.2 Å². The van der Waals surface area contributed by atoms with Crippen LogP contribution < -0.4 is 11.3 Å². The van der Waals surface area contributed by atoms with Gasteiger partial charge in [0.25, 0.3) is 5.56 Å². The van der Waals surface area contributed by atoms with Crippen molar-refractivity contribution in [3.05, 3.63) is 87.9 Å². The Labute approximate surface area is 225 Å². The van der Waals surface area contributed by atoms with Crippen molar-refractivity contribution in [3.63, 3.8) is 0 Å². The summed E-state index contributed by atoms with van der Waals surface area (Å²) >= 11 is 0. The summed E-state index contributed by atoms with van der Waals surface area (Å²) in [7, 11) is 0. The minimum Gasteiger partial charge on any atom is -0.387 e. The largest absolute Gasteiger partial charge is 0.387 e. The van der Waals surface area contributed by atoms with E-state index in [1.165, 1.54) is 6.07 Å². The third kappa shape index (κ3) is 5.38. The van der Waals surface area contributed by atoms with E-state index in [0.29, 0.717) is 41.8 Å². The number of H-pyrrole nitrogens is 1. The van der Waals surface area contributed by atoms with E-state index >= 15 is 4.39 Å². The van der Waals surface area contributed by atoms with Crippen LogP contribution in [0.4, 0.5) is 10.1 Å². The molecule has 8 nitrogen and oxygen atoms in total. The van der Waals surface area contributed by atoms with Gasteiger partial charge in [-0.3, -0.25) is 14.7 Å². The van der Waals surface area contributed by atoms with E-state index in [1.807, 2.05) is 32.0 Å². The van der Waals surface area contributed by atoms with Gasteiger partial charge in [0, 0.05) is 48.4 Å². The molecule has 3 heterocycles.